The van der Waals surface area contributed by atoms with Crippen molar-refractivity contribution in [3.05, 3.63) is 77.9 Å². The van der Waals surface area contributed by atoms with Gasteiger partial charge in [0.25, 0.3) is 0 Å². The molecular formula is C35H45N11O6. The van der Waals surface area contributed by atoms with E-state index in [2.05, 4.69) is 36.6 Å². The number of fused-ring (bicyclic) bond motifs is 1. The van der Waals surface area contributed by atoms with Gasteiger partial charge < -0.3 is 54.6 Å². The molecule has 0 aliphatic carbocycles. The Hall–Kier alpha value is -6.39. The molecule has 0 saturated carbocycles. The fourth-order valence-corrected chi connectivity index (χ4v) is 5.61. The molecule has 5 amide bonds. The Labute approximate surface area is 300 Å². The molecule has 0 aromatic heterocycles. The molecule has 3 aromatic rings. The van der Waals surface area contributed by atoms with E-state index >= 15 is 0 Å². The van der Waals surface area contributed by atoms with E-state index in [9.17, 15) is 29.1 Å². The predicted molar refractivity (Wildman–Crippen MR) is 195 cm³/mol. The zero-order valence-electron chi connectivity index (χ0n) is 28.5. The van der Waals surface area contributed by atoms with Crippen molar-refractivity contribution in [2.75, 3.05) is 19.6 Å². The maximum atomic E-state index is 13.9. The lowest BCUT2D eigenvalue weighted by Crippen LogP contribution is -2.57. The molecule has 4 rings (SSSR count). The summed E-state index contributed by atoms with van der Waals surface area (Å²) in [5, 5.41) is 24.9. The second-order valence-corrected chi connectivity index (χ2v) is 12.3. The summed E-state index contributed by atoms with van der Waals surface area (Å²) in [6, 6.07) is 13.9. The molecule has 0 bridgehead atoms. The van der Waals surface area contributed by atoms with E-state index in [0.717, 1.165) is 10.8 Å². The van der Waals surface area contributed by atoms with Crippen LogP contribution in [0.3, 0.4) is 0 Å². The third kappa shape index (κ3) is 11.6. The number of nitrogens with two attached hydrogens (primary N) is 4. The van der Waals surface area contributed by atoms with E-state index in [1.807, 2.05) is 24.3 Å². The standard InChI is InChI=1S/C35H45N11O6/c36-34(37)40-15-3-7-25-30(49)44-26(8-4-16-41-35(38)39)31(50)46-29(23-12-11-21-5-1-2-6-22(21)18-23)33(52)42-19-28(48)43-27(32(51)45-25)17-20-9-13-24(47)14-10-20/h1-2,5-6,9-14,18,25-27,29,47H,3-4,7-8,15-17,19H2,(H,42,52)(H,43,48)(H,44,49)(H,45,51)(H,46,50)(H4,36,37,40)(H4,38,39,41)/t25-,26-,27+,29-/m0/s1. The monoisotopic (exact) mass is 715 g/mol. The highest BCUT2D eigenvalue weighted by Gasteiger charge is 2.33. The number of guanidine groups is 2. The number of carbonyl (C=O) groups is 5. The van der Waals surface area contributed by atoms with Gasteiger partial charge in [-0.05, 0) is 65.8 Å². The highest BCUT2D eigenvalue weighted by molar-refractivity contribution is 5.98. The van der Waals surface area contributed by atoms with Crippen molar-refractivity contribution in [2.24, 2.45) is 32.9 Å². The van der Waals surface area contributed by atoms with E-state index in [0.29, 0.717) is 11.1 Å². The Morgan fingerprint density at radius 1 is 0.654 bits per heavy atom. The van der Waals surface area contributed by atoms with Crippen LogP contribution < -0.4 is 49.5 Å². The Bertz CT molecular complexity index is 1810. The van der Waals surface area contributed by atoms with Gasteiger partial charge in [0.1, 0.15) is 29.9 Å². The molecule has 1 saturated heterocycles. The lowest BCUT2D eigenvalue weighted by Gasteiger charge is -2.26. The molecule has 0 radical (unpaired) electrons. The van der Waals surface area contributed by atoms with Crippen molar-refractivity contribution in [2.45, 2.75) is 56.3 Å². The summed E-state index contributed by atoms with van der Waals surface area (Å²) in [7, 11) is 0. The van der Waals surface area contributed by atoms with Crippen LogP contribution in [0.2, 0.25) is 0 Å². The number of hydrogen-bond acceptors (Lipinski definition) is 8. The van der Waals surface area contributed by atoms with Gasteiger partial charge in [0, 0.05) is 19.5 Å². The molecule has 1 heterocycles. The smallest absolute Gasteiger partial charge is 0.247 e. The van der Waals surface area contributed by atoms with Gasteiger partial charge >= 0.3 is 0 Å². The summed E-state index contributed by atoms with van der Waals surface area (Å²) in [4.78, 5) is 76.5. The van der Waals surface area contributed by atoms with E-state index in [-0.39, 0.29) is 62.9 Å². The molecule has 276 valence electrons. The minimum Gasteiger partial charge on any atom is -0.508 e. The van der Waals surface area contributed by atoms with Crippen LogP contribution in [0, 0.1) is 0 Å². The third-order valence-electron chi connectivity index (χ3n) is 8.26. The molecule has 0 unspecified atom stereocenters. The second kappa shape index (κ2) is 18.6. The van der Waals surface area contributed by atoms with Crippen molar-refractivity contribution < 1.29 is 29.1 Å². The number of amides is 5. The first-order valence-electron chi connectivity index (χ1n) is 16.7. The van der Waals surface area contributed by atoms with E-state index in [1.165, 1.54) is 12.1 Å². The number of carbonyl (C=O) groups excluding carboxylic acids is 5. The molecule has 1 aliphatic heterocycles. The Balaban J connectivity index is 1.71. The van der Waals surface area contributed by atoms with Crippen molar-refractivity contribution in [1.82, 2.24) is 26.6 Å². The van der Waals surface area contributed by atoms with Crippen LogP contribution in [0.4, 0.5) is 0 Å². The van der Waals surface area contributed by atoms with Gasteiger partial charge in [-0.3, -0.25) is 34.0 Å². The maximum absolute atomic E-state index is 13.9. The Morgan fingerprint density at radius 3 is 1.81 bits per heavy atom. The molecule has 4 atom stereocenters. The number of nitrogens with zero attached hydrogens (tertiary/aromatic N) is 2. The molecule has 3 aromatic carbocycles. The van der Waals surface area contributed by atoms with Crippen LogP contribution in [0.15, 0.2) is 76.7 Å². The summed E-state index contributed by atoms with van der Waals surface area (Å²) in [6.45, 7) is -0.222. The average Bonchev–Trinajstić information content (AvgIpc) is 3.11. The SMILES string of the molecule is NC(N)=NCCC[C@@H]1NC(=O)[C@H](CCCN=C(N)N)NC(=O)[C@@H](Cc2ccc(O)cc2)NC(=O)CNC(=O)[C@H](c2ccc3ccccc3c2)NC1=O. The summed E-state index contributed by atoms with van der Waals surface area (Å²) < 4.78 is 0. The van der Waals surface area contributed by atoms with Gasteiger partial charge in [0.05, 0.1) is 6.54 Å². The summed E-state index contributed by atoms with van der Waals surface area (Å²) in [6.07, 6.45) is 0.670. The minimum atomic E-state index is -1.27. The normalized spacial score (nSPS) is 20.2. The molecule has 0 spiro atoms. The van der Waals surface area contributed by atoms with Gasteiger partial charge in [0.15, 0.2) is 11.9 Å². The summed E-state index contributed by atoms with van der Waals surface area (Å²) in [5.41, 5.74) is 22.9. The zero-order chi connectivity index (χ0) is 37.6. The number of hydrogen-bond donors (Lipinski definition) is 10. The van der Waals surface area contributed by atoms with Gasteiger partial charge in [-0.1, -0.05) is 48.5 Å². The Morgan fingerprint density at radius 2 is 1.21 bits per heavy atom. The number of phenols is 1. The average molecular weight is 716 g/mol. The van der Waals surface area contributed by atoms with Gasteiger partial charge in [-0.2, -0.15) is 0 Å². The van der Waals surface area contributed by atoms with Crippen molar-refractivity contribution >= 4 is 52.2 Å². The first kappa shape index (κ1) is 38.4. The van der Waals surface area contributed by atoms with Crippen LogP contribution in [0.5, 0.6) is 5.75 Å². The van der Waals surface area contributed by atoms with Crippen molar-refractivity contribution in [1.29, 1.82) is 0 Å². The summed E-state index contributed by atoms with van der Waals surface area (Å²) >= 11 is 0. The molecule has 52 heavy (non-hydrogen) atoms. The lowest BCUT2D eigenvalue weighted by molar-refractivity contribution is -0.134. The van der Waals surface area contributed by atoms with Crippen LogP contribution in [0.1, 0.15) is 42.9 Å². The zero-order valence-corrected chi connectivity index (χ0v) is 28.5. The molecule has 1 aliphatic rings. The third-order valence-corrected chi connectivity index (χ3v) is 8.26. The minimum absolute atomic E-state index is 0.0107. The summed E-state index contributed by atoms with van der Waals surface area (Å²) in [5.74, 6) is -3.76. The van der Waals surface area contributed by atoms with Crippen LogP contribution in [-0.4, -0.2) is 84.3 Å². The number of rotatable bonds is 11. The topological polar surface area (TPSA) is 295 Å². The largest absolute Gasteiger partial charge is 0.508 e. The predicted octanol–water partition coefficient (Wildman–Crippen LogP) is -1.36. The highest BCUT2D eigenvalue weighted by Crippen LogP contribution is 2.22. The molecule has 1 fully saturated rings. The maximum Gasteiger partial charge on any atom is 0.247 e. The second-order valence-electron chi connectivity index (χ2n) is 12.3. The Kier molecular flexibility index (Phi) is 13.7. The van der Waals surface area contributed by atoms with Crippen LogP contribution in [0.25, 0.3) is 10.8 Å². The first-order valence-corrected chi connectivity index (χ1v) is 16.7. The van der Waals surface area contributed by atoms with Crippen molar-refractivity contribution in [3.63, 3.8) is 0 Å². The van der Waals surface area contributed by atoms with Gasteiger partial charge in [0.2, 0.25) is 29.5 Å². The van der Waals surface area contributed by atoms with Gasteiger partial charge in [-0.15, -0.1) is 0 Å². The first-order chi connectivity index (χ1) is 24.9. The quantitative estimate of drug-likeness (QED) is 0.0632. The fourth-order valence-electron chi connectivity index (χ4n) is 5.61. The van der Waals surface area contributed by atoms with E-state index in [4.69, 9.17) is 22.9 Å². The van der Waals surface area contributed by atoms with Crippen LogP contribution in [-0.2, 0) is 30.4 Å². The molecular weight excluding hydrogens is 670 g/mol. The number of nitrogens with one attached hydrogen (secondary N) is 5. The van der Waals surface area contributed by atoms with Crippen LogP contribution >= 0.6 is 0 Å². The highest BCUT2D eigenvalue weighted by atomic mass is 16.3. The van der Waals surface area contributed by atoms with Gasteiger partial charge in [-0.25, -0.2) is 0 Å². The molecule has 17 nitrogen and oxygen atoms in total. The molecule has 17 heteroatoms. The lowest BCUT2D eigenvalue weighted by atomic mass is 10.00. The van der Waals surface area contributed by atoms with E-state index < -0.39 is 60.2 Å². The molecule has 14 N–H and O–H groups in total. The van der Waals surface area contributed by atoms with Crippen molar-refractivity contribution in [3.8, 4) is 5.75 Å². The number of aliphatic imine (C=N–C) groups is 2. The number of phenolic OH excluding ortho intramolecular Hbond substituents is 1. The van der Waals surface area contributed by atoms with E-state index in [1.54, 1.807) is 30.3 Å². The number of aromatic hydroxyl groups is 1. The number of benzene rings is 3. The fraction of sp³-hybridized carbons (Fsp3) is 0.343.